The van der Waals surface area contributed by atoms with Gasteiger partial charge in [0.25, 0.3) is 0 Å². The minimum atomic E-state index is -0.574. The lowest BCUT2D eigenvalue weighted by molar-refractivity contribution is -0.0711. The first kappa shape index (κ1) is 12.0. The Labute approximate surface area is 86.7 Å². The number of nitrogens with zero attached hydrogens (tertiary/aromatic N) is 1. The second-order valence-corrected chi connectivity index (χ2v) is 5.07. The van der Waals surface area contributed by atoms with E-state index < -0.39 is 5.60 Å². The van der Waals surface area contributed by atoms with Crippen molar-refractivity contribution in [2.45, 2.75) is 44.3 Å². The first-order valence-corrected chi connectivity index (χ1v) is 5.47. The van der Waals surface area contributed by atoms with Crippen molar-refractivity contribution < 1.29 is 10.2 Å². The van der Waals surface area contributed by atoms with E-state index in [9.17, 15) is 10.2 Å². The van der Waals surface area contributed by atoms with Gasteiger partial charge < -0.3 is 15.1 Å². The quantitative estimate of drug-likeness (QED) is 0.711. The van der Waals surface area contributed by atoms with E-state index in [1.807, 2.05) is 21.0 Å². The van der Waals surface area contributed by atoms with Gasteiger partial charge in [0.15, 0.2) is 0 Å². The topological polar surface area (TPSA) is 43.7 Å². The summed E-state index contributed by atoms with van der Waals surface area (Å²) in [6.45, 7) is 2.88. The Morgan fingerprint density at radius 2 is 2.07 bits per heavy atom. The molecule has 3 atom stereocenters. The van der Waals surface area contributed by atoms with Gasteiger partial charge in [-0.3, -0.25) is 0 Å². The first-order valence-electron chi connectivity index (χ1n) is 5.47. The van der Waals surface area contributed by atoms with Crippen molar-refractivity contribution in [3.63, 3.8) is 0 Å². The monoisotopic (exact) mass is 201 g/mol. The number of hydrogen-bond acceptors (Lipinski definition) is 3. The van der Waals surface area contributed by atoms with E-state index in [1.165, 1.54) is 0 Å². The molecule has 0 bridgehead atoms. The van der Waals surface area contributed by atoms with Crippen molar-refractivity contribution in [2.24, 2.45) is 5.92 Å². The molecule has 0 radical (unpaired) electrons. The molecule has 3 nitrogen and oxygen atoms in total. The average Bonchev–Trinajstić information content (AvgIpc) is 2.07. The molecular weight excluding hydrogens is 178 g/mol. The molecule has 0 saturated heterocycles. The van der Waals surface area contributed by atoms with Gasteiger partial charge in [0, 0.05) is 0 Å². The van der Waals surface area contributed by atoms with E-state index in [0.717, 1.165) is 32.2 Å². The van der Waals surface area contributed by atoms with Crippen molar-refractivity contribution in [1.29, 1.82) is 0 Å². The summed E-state index contributed by atoms with van der Waals surface area (Å²) < 4.78 is 0. The smallest absolute Gasteiger partial charge is 0.0650 e. The van der Waals surface area contributed by atoms with E-state index >= 15 is 0 Å². The van der Waals surface area contributed by atoms with Crippen molar-refractivity contribution in [3.8, 4) is 0 Å². The summed E-state index contributed by atoms with van der Waals surface area (Å²) in [4.78, 5) is 2.12. The predicted octanol–water partition coefficient (Wildman–Crippen LogP) is 0.850. The Hall–Kier alpha value is -0.120. The Morgan fingerprint density at radius 1 is 1.43 bits per heavy atom. The van der Waals surface area contributed by atoms with Gasteiger partial charge in [-0.1, -0.05) is 0 Å². The van der Waals surface area contributed by atoms with Crippen molar-refractivity contribution in [3.05, 3.63) is 0 Å². The maximum absolute atomic E-state index is 10.1. The third-order valence-corrected chi connectivity index (χ3v) is 3.34. The molecular formula is C11H23NO2. The molecule has 0 amide bonds. The highest BCUT2D eigenvalue weighted by Gasteiger charge is 2.37. The molecule has 14 heavy (non-hydrogen) atoms. The average molecular weight is 201 g/mol. The number of rotatable bonds is 3. The molecule has 0 heterocycles. The second kappa shape index (κ2) is 4.60. The summed E-state index contributed by atoms with van der Waals surface area (Å²) in [6, 6.07) is 0. The summed E-state index contributed by atoms with van der Waals surface area (Å²) in [7, 11) is 4.07. The lowest BCUT2D eigenvalue weighted by Gasteiger charge is -2.39. The molecule has 1 aliphatic rings. The van der Waals surface area contributed by atoms with Gasteiger partial charge in [0.05, 0.1) is 11.7 Å². The highest BCUT2D eigenvalue weighted by molar-refractivity contribution is 4.89. The largest absolute Gasteiger partial charge is 0.393 e. The van der Waals surface area contributed by atoms with Gasteiger partial charge in [0.1, 0.15) is 0 Å². The molecule has 0 aromatic carbocycles. The van der Waals surface area contributed by atoms with Crippen LogP contribution in [0.4, 0.5) is 0 Å². The number of aliphatic hydroxyl groups excluding tert-OH is 1. The molecule has 1 saturated carbocycles. The van der Waals surface area contributed by atoms with Crippen LogP contribution in [-0.4, -0.2) is 47.5 Å². The Bertz CT molecular complexity index is 180. The van der Waals surface area contributed by atoms with Crippen molar-refractivity contribution in [1.82, 2.24) is 4.90 Å². The maximum Gasteiger partial charge on any atom is 0.0650 e. The zero-order valence-corrected chi connectivity index (χ0v) is 9.53. The van der Waals surface area contributed by atoms with Gasteiger partial charge in [-0.15, -0.1) is 0 Å². The Balaban J connectivity index is 2.46. The van der Waals surface area contributed by atoms with Gasteiger partial charge >= 0.3 is 0 Å². The Kier molecular flexibility index (Phi) is 3.93. The number of hydrogen-bond donors (Lipinski definition) is 2. The zero-order valence-electron chi connectivity index (χ0n) is 9.53. The highest BCUT2D eigenvalue weighted by Crippen LogP contribution is 2.35. The summed E-state index contributed by atoms with van der Waals surface area (Å²) in [5, 5.41) is 19.7. The SMILES string of the molecule is CN(C)CC[C@H]1C[C@@H](O)CC[C@]1(C)O. The van der Waals surface area contributed by atoms with Crippen LogP contribution >= 0.6 is 0 Å². The molecule has 1 rings (SSSR count). The van der Waals surface area contributed by atoms with E-state index in [0.29, 0.717) is 0 Å². The van der Waals surface area contributed by atoms with Crippen LogP contribution in [0.5, 0.6) is 0 Å². The third-order valence-electron chi connectivity index (χ3n) is 3.34. The molecule has 0 unspecified atom stereocenters. The molecule has 0 aromatic rings. The van der Waals surface area contributed by atoms with Crippen LogP contribution in [-0.2, 0) is 0 Å². The van der Waals surface area contributed by atoms with Crippen LogP contribution in [0, 0.1) is 5.92 Å². The molecule has 84 valence electrons. The molecule has 1 aliphatic carbocycles. The van der Waals surface area contributed by atoms with Crippen LogP contribution < -0.4 is 0 Å². The summed E-state index contributed by atoms with van der Waals surface area (Å²) in [5.74, 6) is 0.244. The summed E-state index contributed by atoms with van der Waals surface area (Å²) in [5.41, 5.74) is -0.574. The third kappa shape index (κ3) is 3.23. The van der Waals surface area contributed by atoms with E-state index in [4.69, 9.17) is 0 Å². The van der Waals surface area contributed by atoms with Crippen molar-refractivity contribution >= 4 is 0 Å². The fourth-order valence-corrected chi connectivity index (χ4v) is 2.21. The minimum absolute atomic E-state index is 0.206. The molecule has 2 N–H and O–H groups in total. The van der Waals surface area contributed by atoms with Crippen LogP contribution in [0.1, 0.15) is 32.6 Å². The van der Waals surface area contributed by atoms with E-state index in [-0.39, 0.29) is 12.0 Å². The fraction of sp³-hybridized carbons (Fsp3) is 1.00. The minimum Gasteiger partial charge on any atom is -0.393 e. The molecule has 1 fully saturated rings. The Morgan fingerprint density at radius 3 is 2.64 bits per heavy atom. The molecule has 3 heteroatoms. The first-order chi connectivity index (χ1) is 6.42. The summed E-state index contributed by atoms with van der Waals surface area (Å²) in [6.07, 6.45) is 2.98. The maximum atomic E-state index is 10.1. The molecule has 0 aromatic heterocycles. The molecule has 0 aliphatic heterocycles. The van der Waals surface area contributed by atoms with Gasteiger partial charge in [-0.25, -0.2) is 0 Å². The lowest BCUT2D eigenvalue weighted by Crippen LogP contribution is -2.43. The van der Waals surface area contributed by atoms with E-state index in [1.54, 1.807) is 0 Å². The standard InChI is InChI=1S/C11H23NO2/c1-11(14)6-4-10(13)8-9(11)5-7-12(2)3/h9-10,13-14H,4-8H2,1-3H3/t9-,10-,11-/m0/s1. The van der Waals surface area contributed by atoms with E-state index in [2.05, 4.69) is 4.90 Å². The summed E-state index contributed by atoms with van der Waals surface area (Å²) >= 11 is 0. The lowest BCUT2D eigenvalue weighted by atomic mass is 9.74. The van der Waals surface area contributed by atoms with Gasteiger partial charge in [-0.2, -0.15) is 0 Å². The van der Waals surface area contributed by atoms with Gasteiger partial charge in [0.2, 0.25) is 0 Å². The highest BCUT2D eigenvalue weighted by atomic mass is 16.3. The van der Waals surface area contributed by atoms with Crippen LogP contribution in [0.2, 0.25) is 0 Å². The van der Waals surface area contributed by atoms with Crippen LogP contribution in [0.3, 0.4) is 0 Å². The second-order valence-electron chi connectivity index (χ2n) is 5.07. The fourth-order valence-electron chi connectivity index (χ4n) is 2.21. The molecule has 0 spiro atoms. The van der Waals surface area contributed by atoms with Crippen LogP contribution in [0.25, 0.3) is 0 Å². The van der Waals surface area contributed by atoms with Gasteiger partial charge in [-0.05, 0) is 59.2 Å². The zero-order chi connectivity index (χ0) is 10.8. The van der Waals surface area contributed by atoms with Crippen molar-refractivity contribution in [2.75, 3.05) is 20.6 Å². The predicted molar refractivity (Wildman–Crippen MR) is 57.1 cm³/mol. The normalized spacial score (nSPS) is 39.0. The van der Waals surface area contributed by atoms with Crippen LogP contribution in [0.15, 0.2) is 0 Å². The number of aliphatic hydroxyl groups is 2.